The van der Waals surface area contributed by atoms with Gasteiger partial charge in [0.1, 0.15) is 0 Å². The molecule has 0 atom stereocenters. The molecule has 55 heavy (non-hydrogen) atoms. The highest BCUT2D eigenvalue weighted by molar-refractivity contribution is 6.28. The Morgan fingerprint density at radius 1 is 0.291 bits per heavy atom. The SMILES string of the molecule is CC1(C)c2ccccc2-c2cc3ccc(-c4ccc(-c5c6ccccc6c(-c6ccccc6)c6ccc7ccccc7c56)cc4-c4ccccc4)cc3cc21. The lowest BCUT2D eigenvalue weighted by molar-refractivity contribution is 0.661. The Morgan fingerprint density at radius 3 is 1.73 bits per heavy atom. The monoisotopic (exact) mass is 698 g/mol. The second kappa shape index (κ2) is 12.1. The van der Waals surface area contributed by atoms with Gasteiger partial charge in [-0.1, -0.05) is 184 Å². The molecule has 0 bridgehead atoms. The van der Waals surface area contributed by atoms with Gasteiger partial charge in [0.05, 0.1) is 0 Å². The summed E-state index contributed by atoms with van der Waals surface area (Å²) in [6.07, 6.45) is 0. The highest BCUT2D eigenvalue weighted by atomic mass is 14.4. The van der Waals surface area contributed by atoms with E-state index in [-0.39, 0.29) is 5.41 Å². The fourth-order valence-corrected chi connectivity index (χ4v) is 9.59. The van der Waals surface area contributed by atoms with E-state index < -0.39 is 0 Å². The molecule has 0 nitrogen and oxygen atoms in total. The maximum atomic E-state index is 2.45. The van der Waals surface area contributed by atoms with Gasteiger partial charge in [-0.15, -0.1) is 0 Å². The topological polar surface area (TPSA) is 0 Å². The molecule has 1 aliphatic carbocycles. The van der Waals surface area contributed by atoms with Gasteiger partial charge in [0, 0.05) is 5.41 Å². The first kappa shape index (κ1) is 31.7. The van der Waals surface area contributed by atoms with Crippen LogP contribution in [-0.2, 0) is 5.41 Å². The van der Waals surface area contributed by atoms with Crippen LogP contribution in [-0.4, -0.2) is 0 Å². The van der Waals surface area contributed by atoms with E-state index in [1.807, 2.05) is 0 Å². The quantitative estimate of drug-likeness (QED) is 0.127. The van der Waals surface area contributed by atoms with Gasteiger partial charge >= 0.3 is 0 Å². The molecule has 10 aromatic carbocycles. The number of hydrogen-bond acceptors (Lipinski definition) is 0. The summed E-state index contributed by atoms with van der Waals surface area (Å²) in [6.45, 7) is 4.73. The summed E-state index contributed by atoms with van der Waals surface area (Å²) in [4.78, 5) is 0. The predicted octanol–water partition coefficient (Wildman–Crippen LogP) is 15.3. The largest absolute Gasteiger partial charge is 0.0622 e. The fraction of sp³-hybridized carbons (Fsp3) is 0.0545. The Balaban J connectivity index is 1.17. The molecule has 258 valence electrons. The number of benzene rings is 10. The molecule has 0 radical (unpaired) electrons. The molecule has 1 aliphatic rings. The minimum Gasteiger partial charge on any atom is -0.0622 e. The van der Waals surface area contributed by atoms with Crippen molar-refractivity contribution in [2.24, 2.45) is 0 Å². The van der Waals surface area contributed by atoms with Crippen LogP contribution in [0.1, 0.15) is 25.0 Å². The Morgan fingerprint density at radius 2 is 0.927 bits per heavy atom. The van der Waals surface area contributed by atoms with Crippen LogP contribution in [0.4, 0.5) is 0 Å². The summed E-state index contributed by atoms with van der Waals surface area (Å²) in [5.41, 5.74) is 15.4. The minimum absolute atomic E-state index is 0.0429. The smallest absolute Gasteiger partial charge is 0.0159 e. The van der Waals surface area contributed by atoms with Crippen molar-refractivity contribution in [1.82, 2.24) is 0 Å². The molecule has 10 aromatic rings. The first-order chi connectivity index (χ1) is 27.0. The van der Waals surface area contributed by atoms with Gasteiger partial charge in [0.25, 0.3) is 0 Å². The van der Waals surface area contributed by atoms with E-state index in [1.165, 1.54) is 110 Å². The van der Waals surface area contributed by atoms with Crippen molar-refractivity contribution in [3.8, 4) is 55.6 Å². The van der Waals surface area contributed by atoms with Gasteiger partial charge in [0.2, 0.25) is 0 Å². The maximum Gasteiger partial charge on any atom is 0.0159 e. The van der Waals surface area contributed by atoms with Gasteiger partial charge in [-0.05, 0) is 134 Å². The number of fused-ring (bicyclic) bond motifs is 8. The summed E-state index contributed by atoms with van der Waals surface area (Å²) in [7, 11) is 0. The van der Waals surface area contributed by atoms with Crippen LogP contribution in [0.5, 0.6) is 0 Å². The van der Waals surface area contributed by atoms with Crippen molar-refractivity contribution in [3.05, 3.63) is 205 Å². The molecule has 0 aliphatic heterocycles. The van der Waals surface area contributed by atoms with Crippen LogP contribution >= 0.6 is 0 Å². The molecular formula is C55H38. The van der Waals surface area contributed by atoms with Crippen molar-refractivity contribution >= 4 is 43.1 Å². The number of rotatable bonds is 4. The molecule has 0 unspecified atom stereocenters. The van der Waals surface area contributed by atoms with Crippen LogP contribution in [0.2, 0.25) is 0 Å². The molecule has 0 fully saturated rings. The van der Waals surface area contributed by atoms with Gasteiger partial charge in [-0.2, -0.15) is 0 Å². The zero-order valence-corrected chi connectivity index (χ0v) is 31.0. The molecule has 0 aromatic heterocycles. The van der Waals surface area contributed by atoms with Crippen LogP contribution < -0.4 is 0 Å². The second-order valence-corrected chi connectivity index (χ2v) is 15.6. The molecule has 0 saturated heterocycles. The van der Waals surface area contributed by atoms with Gasteiger partial charge < -0.3 is 0 Å². The van der Waals surface area contributed by atoms with E-state index >= 15 is 0 Å². The Bertz CT molecular complexity index is 3150. The van der Waals surface area contributed by atoms with Crippen LogP contribution in [0.3, 0.4) is 0 Å². The van der Waals surface area contributed by atoms with Crippen molar-refractivity contribution in [1.29, 1.82) is 0 Å². The van der Waals surface area contributed by atoms with Gasteiger partial charge in [-0.25, -0.2) is 0 Å². The zero-order valence-electron chi connectivity index (χ0n) is 31.0. The molecule has 0 heterocycles. The third kappa shape index (κ3) is 4.85. The first-order valence-electron chi connectivity index (χ1n) is 19.3. The fourth-order valence-electron chi connectivity index (χ4n) is 9.59. The first-order valence-corrected chi connectivity index (χ1v) is 19.3. The van der Waals surface area contributed by atoms with E-state index in [2.05, 4.69) is 208 Å². The van der Waals surface area contributed by atoms with Crippen molar-refractivity contribution in [3.63, 3.8) is 0 Å². The molecule has 0 spiro atoms. The molecular weight excluding hydrogens is 661 g/mol. The van der Waals surface area contributed by atoms with E-state index in [0.717, 1.165) is 0 Å². The highest BCUT2D eigenvalue weighted by Gasteiger charge is 2.35. The van der Waals surface area contributed by atoms with Gasteiger partial charge in [0.15, 0.2) is 0 Å². The third-order valence-corrected chi connectivity index (χ3v) is 12.2. The van der Waals surface area contributed by atoms with E-state index in [1.54, 1.807) is 0 Å². The maximum absolute atomic E-state index is 2.45. The van der Waals surface area contributed by atoms with Gasteiger partial charge in [-0.3, -0.25) is 0 Å². The molecule has 0 amide bonds. The lowest BCUT2D eigenvalue weighted by Gasteiger charge is -2.22. The Kier molecular flexibility index (Phi) is 7.00. The lowest BCUT2D eigenvalue weighted by atomic mass is 9.81. The van der Waals surface area contributed by atoms with Crippen LogP contribution in [0.15, 0.2) is 194 Å². The molecule has 0 heteroatoms. The average Bonchev–Trinajstić information content (AvgIpc) is 3.47. The van der Waals surface area contributed by atoms with E-state index in [9.17, 15) is 0 Å². The summed E-state index contributed by atoms with van der Waals surface area (Å²) in [5.74, 6) is 0. The summed E-state index contributed by atoms with van der Waals surface area (Å²) in [6, 6.07) is 72.3. The third-order valence-electron chi connectivity index (χ3n) is 12.2. The molecule has 0 N–H and O–H groups in total. The van der Waals surface area contributed by atoms with Crippen molar-refractivity contribution in [2.45, 2.75) is 19.3 Å². The Hall–Kier alpha value is -6.76. The predicted molar refractivity (Wildman–Crippen MR) is 236 cm³/mol. The molecule has 11 rings (SSSR count). The van der Waals surface area contributed by atoms with Crippen molar-refractivity contribution < 1.29 is 0 Å². The van der Waals surface area contributed by atoms with Crippen molar-refractivity contribution in [2.75, 3.05) is 0 Å². The zero-order chi connectivity index (χ0) is 36.7. The van der Waals surface area contributed by atoms with E-state index in [0.29, 0.717) is 0 Å². The van der Waals surface area contributed by atoms with E-state index in [4.69, 9.17) is 0 Å². The number of hydrogen-bond donors (Lipinski definition) is 0. The van der Waals surface area contributed by atoms with Crippen LogP contribution in [0.25, 0.3) is 98.7 Å². The lowest BCUT2D eigenvalue weighted by Crippen LogP contribution is -2.14. The van der Waals surface area contributed by atoms with Crippen LogP contribution in [0, 0.1) is 0 Å². The summed E-state index contributed by atoms with van der Waals surface area (Å²) < 4.78 is 0. The average molecular weight is 699 g/mol. The molecule has 0 saturated carbocycles. The second-order valence-electron chi connectivity index (χ2n) is 15.6. The summed E-state index contributed by atoms with van der Waals surface area (Å²) >= 11 is 0. The summed E-state index contributed by atoms with van der Waals surface area (Å²) in [5, 5.41) is 10.2. The minimum atomic E-state index is -0.0429. The normalized spacial score (nSPS) is 13.1. The Labute approximate surface area is 322 Å². The standard InChI is InChI=1S/C55H38/c1-55(2)50-24-14-13-21-44(50)49-32-38-25-26-39(31-41(38)34-51(49)55)42-29-28-40(33-48(42)35-15-5-3-6-16-35)53-46-23-12-11-22-45(46)52(37-18-7-4-8-19-37)47-30-27-36-17-9-10-20-43(36)54(47)53/h3-34H,1-2H3. The highest BCUT2D eigenvalue weighted by Crippen LogP contribution is 2.51.